The molecular weight excluding hydrogens is 490 g/mol. The molecule has 3 heterocycles. The maximum Gasteiger partial charge on any atom is 0.323 e. The zero-order valence-electron chi connectivity index (χ0n) is 20.6. The van der Waals surface area contributed by atoms with Crippen LogP contribution >= 0.6 is 0 Å². The van der Waals surface area contributed by atoms with Gasteiger partial charge < -0.3 is 30.6 Å². The Morgan fingerprint density at radius 2 is 1.92 bits per heavy atom. The molecule has 6 N–H and O–H groups in total. The van der Waals surface area contributed by atoms with Crippen LogP contribution < -0.4 is 21.2 Å². The Bertz CT molecular complexity index is 1590. The minimum absolute atomic E-state index is 0.0292. The molecule has 5 rings (SSSR count). The maximum absolute atomic E-state index is 11.6. The van der Waals surface area contributed by atoms with Crippen LogP contribution in [0.25, 0.3) is 21.9 Å². The van der Waals surface area contributed by atoms with E-state index in [0.717, 1.165) is 46.5 Å². The molecule has 0 saturated carbocycles. The summed E-state index contributed by atoms with van der Waals surface area (Å²) in [5.41, 5.74) is 3.85. The lowest BCUT2D eigenvalue weighted by Gasteiger charge is -2.25. The molecule has 5 aromatic rings. The first-order valence-corrected chi connectivity index (χ1v) is 11.8. The fourth-order valence-electron chi connectivity index (χ4n) is 4.00. The van der Waals surface area contributed by atoms with Crippen molar-refractivity contribution in [3.8, 4) is 0 Å². The lowest BCUT2D eigenvalue weighted by atomic mass is 10.2. The van der Waals surface area contributed by atoms with E-state index in [1.54, 1.807) is 6.20 Å². The summed E-state index contributed by atoms with van der Waals surface area (Å²) in [6.45, 7) is 2.59. The number of aromatic amines is 3. The summed E-state index contributed by atoms with van der Waals surface area (Å²) in [6, 6.07) is 13.4. The van der Waals surface area contributed by atoms with Crippen LogP contribution in [0.15, 0.2) is 59.7 Å². The molecule has 2 aromatic carbocycles. The van der Waals surface area contributed by atoms with Gasteiger partial charge in [0.1, 0.15) is 5.82 Å². The average Bonchev–Trinajstić information content (AvgIpc) is 3.52. The van der Waals surface area contributed by atoms with Gasteiger partial charge in [0.2, 0.25) is 11.9 Å². The minimum atomic E-state index is -0.252. The van der Waals surface area contributed by atoms with E-state index in [4.69, 9.17) is 14.9 Å². The third-order valence-corrected chi connectivity index (χ3v) is 5.62. The summed E-state index contributed by atoms with van der Waals surface area (Å²) < 4.78 is 0. The number of carboxylic acid groups (broad SMARTS) is 1. The summed E-state index contributed by atoms with van der Waals surface area (Å²) in [4.78, 5) is 47.9. The Labute approximate surface area is 216 Å². The van der Waals surface area contributed by atoms with Crippen LogP contribution in [0.5, 0.6) is 0 Å². The Morgan fingerprint density at radius 1 is 1.11 bits per heavy atom. The van der Waals surface area contributed by atoms with E-state index >= 15 is 0 Å². The van der Waals surface area contributed by atoms with Crippen LogP contribution in [0.1, 0.15) is 19.8 Å². The number of carbonyl (C=O) groups excluding carboxylic acids is 1. The molecule has 196 valence electrons. The van der Waals surface area contributed by atoms with Crippen molar-refractivity contribution in [1.82, 2.24) is 35.5 Å². The summed E-state index contributed by atoms with van der Waals surface area (Å²) >= 11 is 0. The van der Waals surface area contributed by atoms with E-state index in [1.165, 1.54) is 6.92 Å². The number of anilines is 4. The van der Waals surface area contributed by atoms with Gasteiger partial charge in [-0.05, 0) is 49.2 Å². The summed E-state index contributed by atoms with van der Waals surface area (Å²) in [5.74, 6) is 1.13. The first-order valence-electron chi connectivity index (χ1n) is 11.8. The van der Waals surface area contributed by atoms with Gasteiger partial charge in [0.25, 0.3) is 6.47 Å². The van der Waals surface area contributed by atoms with Crippen molar-refractivity contribution in [1.29, 1.82) is 0 Å². The van der Waals surface area contributed by atoms with Crippen molar-refractivity contribution < 1.29 is 14.7 Å². The SMILES string of the molecule is CC(=O)NCCCCN(c1ccnc(Nc2ccc3[nH]c(=O)[nH]c3c2)n1)c1cccc2[nH]ncc12.O=CO. The van der Waals surface area contributed by atoms with Gasteiger partial charge in [0, 0.05) is 37.3 Å². The second-order valence-corrected chi connectivity index (χ2v) is 8.26. The highest BCUT2D eigenvalue weighted by Gasteiger charge is 2.16. The van der Waals surface area contributed by atoms with Crippen molar-refractivity contribution in [2.24, 2.45) is 0 Å². The van der Waals surface area contributed by atoms with Crippen molar-refractivity contribution >= 4 is 57.5 Å². The Balaban J connectivity index is 0.00000107. The summed E-state index contributed by atoms with van der Waals surface area (Å²) in [5, 5.41) is 21.2. The molecule has 0 radical (unpaired) electrons. The highest BCUT2D eigenvalue weighted by atomic mass is 16.3. The van der Waals surface area contributed by atoms with Crippen LogP contribution in [-0.2, 0) is 9.59 Å². The fraction of sp³-hybridized carbons (Fsp3) is 0.200. The number of H-pyrrole nitrogens is 3. The van der Waals surface area contributed by atoms with E-state index < -0.39 is 0 Å². The zero-order chi connectivity index (χ0) is 26.9. The highest BCUT2D eigenvalue weighted by molar-refractivity contribution is 5.93. The van der Waals surface area contributed by atoms with Crippen LogP contribution in [0.3, 0.4) is 0 Å². The van der Waals surface area contributed by atoms with Crippen molar-refractivity contribution in [3.05, 3.63) is 65.3 Å². The van der Waals surface area contributed by atoms with Gasteiger partial charge in [0.05, 0.1) is 28.4 Å². The van der Waals surface area contributed by atoms with Crippen LogP contribution in [0.4, 0.5) is 23.1 Å². The van der Waals surface area contributed by atoms with Crippen molar-refractivity contribution in [2.45, 2.75) is 19.8 Å². The van der Waals surface area contributed by atoms with Gasteiger partial charge >= 0.3 is 5.69 Å². The normalized spacial score (nSPS) is 10.6. The molecule has 13 heteroatoms. The number of amides is 1. The van der Waals surface area contributed by atoms with Crippen molar-refractivity contribution in [2.75, 3.05) is 23.3 Å². The predicted molar refractivity (Wildman–Crippen MR) is 144 cm³/mol. The number of nitrogens with one attached hydrogen (secondary N) is 5. The molecule has 0 spiro atoms. The van der Waals surface area contributed by atoms with Crippen LogP contribution in [0.2, 0.25) is 0 Å². The second-order valence-electron chi connectivity index (χ2n) is 8.26. The molecule has 0 atom stereocenters. The Morgan fingerprint density at radius 3 is 2.74 bits per heavy atom. The largest absolute Gasteiger partial charge is 0.483 e. The maximum atomic E-state index is 11.6. The molecule has 13 nitrogen and oxygen atoms in total. The number of unbranched alkanes of at least 4 members (excludes halogenated alkanes) is 1. The van der Waals surface area contributed by atoms with Crippen molar-refractivity contribution in [3.63, 3.8) is 0 Å². The van der Waals surface area contributed by atoms with Gasteiger partial charge in [-0.1, -0.05) is 6.07 Å². The molecule has 0 bridgehead atoms. The van der Waals surface area contributed by atoms with E-state index in [1.807, 2.05) is 48.7 Å². The van der Waals surface area contributed by atoms with Gasteiger partial charge in [0.15, 0.2) is 0 Å². The molecule has 0 aliphatic carbocycles. The number of hydrogen-bond acceptors (Lipinski definition) is 8. The van der Waals surface area contributed by atoms with Gasteiger partial charge in [-0.25, -0.2) is 9.78 Å². The number of benzene rings is 2. The quantitative estimate of drug-likeness (QED) is 0.126. The molecule has 0 unspecified atom stereocenters. The monoisotopic (exact) mass is 517 g/mol. The number of imidazole rings is 1. The molecule has 0 aliphatic rings. The highest BCUT2D eigenvalue weighted by Crippen LogP contribution is 2.31. The number of hydrogen-bond donors (Lipinski definition) is 6. The molecule has 38 heavy (non-hydrogen) atoms. The molecular formula is C25H27N9O4. The van der Waals surface area contributed by atoms with Gasteiger partial charge in [-0.15, -0.1) is 0 Å². The van der Waals surface area contributed by atoms with Crippen LogP contribution in [-0.4, -0.2) is 60.7 Å². The van der Waals surface area contributed by atoms with E-state index in [-0.39, 0.29) is 18.1 Å². The molecule has 0 fully saturated rings. The zero-order valence-corrected chi connectivity index (χ0v) is 20.6. The Kier molecular flexibility index (Phi) is 8.28. The smallest absolute Gasteiger partial charge is 0.323 e. The van der Waals surface area contributed by atoms with Crippen LogP contribution in [0, 0.1) is 0 Å². The Hall–Kier alpha value is -5.20. The molecule has 3 aromatic heterocycles. The second kappa shape index (κ2) is 12.2. The molecule has 0 saturated heterocycles. The predicted octanol–water partition coefficient (Wildman–Crippen LogP) is 3.02. The van der Waals surface area contributed by atoms with Gasteiger partial charge in [-0.3, -0.25) is 14.7 Å². The minimum Gasteiger partial charge on any atom is -0.483 e. The van der Waals surface area contributed by atoms with E-state index in [2.05, 4.69) is 40.7 Å². The number of rotatable bonds is 9. The standard InChI is InChI=1S/C24H25N9O2.CH2O2/c1-15(34)25-10-2-3-12-33(21-6-4-5-18-17(21)14-27-32-18)22-9-11-26-23(31-22)28-16-7-8-19-20(13-16)30-24(35)29-19;2-1-3/h4-9,11,13-14H,2-3,10,12H2,1H3,(H,25,34)(H,27,32)(H,26,28,31)(H2,29,30,35);1H,(H,2,3). The summed E-state index contributed by atoms with van der Waals surface area (Å²) in [7, 11) is 0. The number of carbonyl (C=O) groups is 2. The van der Waals surface area contributed by atoms with E-state index in [0.29, 0.717) is 24.6 Å². The summed E-state index contributed by atoms with van der Waals surface area (Å²) in [6.07, 6.45) is 5.20. The fourth-order valence-corrected chi connectivity index (χ4v) is 4.00. The lowest BCUT2D eigenvalue weighted by molar-refractivity contribution is -0.123. The first kappa shape index (κ1) is 25.9. The average molecular weight is 518 g/mol. The topological polar surface area (TPSA) is 185 Å². The first-order chi connectivity index (χ1) is 18.5. The number of fused-ring (bicyclic) bond motifs is 2. The molecule has 0 aliphatic heterocycles. The number of nitrogens with zero attached hydrogens (tertiary/aromatic N) is 4. The lowest BCUT2D eigenvalue weighted by Crippen LogP contribution is -2.24. The van der Waals surface area contributed by atoms with Gasteiger partial charge in [-0.2, -0.15) is 10.1 Å². The van der Waals surface area contributed by atoms with E-state index in [9.17, 15) is 9.59 Å². The third-order valence-electron chi connectivity index (χ3n) is 5.62. The number of aromatic nitrogens is 6. The third kappa shape index (κ3) is 6.32. The molecule has 1 amide bonds.